The number of hydrogen-bond donors (Lipinski definition) is 1. The first-order valence-electron chi connectivity index (χ1n) is 8.62. The van der Waals surface area contributed by atoms with E-state index in [2.05, 4.69) is 27.4 Å². The molecule has 4 aromatic rings. The van der Waals surface area contributed by atoms with Crippen molar-refractivity contribution in [2.45, 2.75) is 0 Å². The molecule has 0 saturated carbocycles. The summed E-state index contributed by atoms with van der Waals surface area (Å²) in [7, 11) is 1.86. The van der Waals surface area contributed by atoms with Gasteiger partial charge in [0, 0.05) is 30.4 Å². The van der Waals surface area contributed by atoms with Crippen LogP contribution in [0.4, 0.5) is 5.82 Å². The molecule has 0 radical (unpaired) electrons. The summed E-state index contributed by atoms with van der Waals surface area (Å²) in [6.07, 6.45) is 3.50. The monoisotopic (exact) mass is 356 g/mol. The van der Waals surface area contributed by atoms with Gasteiger partial charge in [-0.05, 0) is 47.5 Å². The molecule has 0 bridgehead atoms. The summed E-state index contributed by atoms with van der Waals surface area (Å²) in [6.45, 7) is 0.269. The van der Waals surface area contributed by atoms with Crippen LogP contribution in [0.2, 0.25) is 0 Å². The van der Waals surface area contributed by atoms with Gasteiger partial charge in [0.25, 0.3) is 0 Å². The van der Waals surface area contributed by atoms with E-state index in [-0.39, 0.29) is 6.79 Å². The van der Waals surface area contributed by atoms with Gasteiger partial charge in [-0.15, -0.1) is 0 Å². The number of rotatable bonds is 3. The van der Waals surface area contributed by atoms with Crippen molar-refractivity contribution in [3.05, 3.63) is 60.9 Å². The Kier molecular flexibility index (Phi) is 3.60. The van der Waals surface area contributed by atoms with E-state index in [1.807, 2.05) is 43.4 Å². The van der Waals surface area contributed by atoms with Crippen LogP contribution >= 0.6 is 0 Å². The van der Waals surface area contributed by atoms with E-state index in [0.717, 1.165) is 44.9 Å². The molecule has 1 N–H and O–H groups in total. The Hall–Kier alpha value is -3.67. The minimum atomic E-state index is 0.269. The minimum absolute atomic E-state index is 0.269. The molecule has 5 rings (SSSR count). The summed E-state index contributed by atoms with van der Waals surface area (Å²) >= 11 is 0. The zero-order valence-corrected chi connectivity index (χ0v) is 14.6. The second-order valence-corrected chi connectivity index (χ2v) is 6.19. The number of nitrogens with one attached hydrogen (secondary N) is 1. The first kappa shape index (κ1) is 15.6. The van der Waals surface area contributed by atoms with Crippen molar-refractivity contribution in [3.63, 3.8) is 0 Å². The van der Waals surface area contributed by atoms with Crippen LogP contribution in [0.5, 0.6) is 11.5 Å². The summed E-state index contributed by atoms with van der Waals surface area (Å²) in [5.41, 5.74) is 3.88. The number of anilines is 1. The van der Waals surface area contributed by atoms with E-state index in [1.54, 1.807) is 12.4 Å². The molecule has 1 aliphatic rings. The van der Waals surface area contributed by atoms with E-state index in [9.17, 15) is 0 Å². The van der Waals surface area contributed by atoms with Gasteiger partial charge in [-0.3, -0.25) is 4.98 Å². The second kappa shape index (κ2) is 6.25. The third-order valence-electron chi connectivity index (χ3n) is 4.56. The van der Waals surface area contributed by atoms with Crippen LogP contribution in [0.1, 0.15) is 0 Å². The molecule has 0 spiro atoms. The molecule has 3 heterocycles. The molecule has 0 fully saturated rings. The number of aromatic nitrogens is 3. The summed E-state index contributed by atoms with van der Waals surface area (Å²) < 4.78 is 10.9. The van der Waals surface area contributed by atoms with Crippen LogP contribution in [-0.4, -0.2) is 28.8 Å². The largest absolute Gasteiger partial charge is 0.454 e. The lowest BCUT2D eigenvalue weighted by Gasteiger charge is -2.10. The number of ether oxygens (including phenoxy) is 2. The standard InChI is InChI=1S/C21H16N4O2/c1-22-21-16-9-13(14-5-7-18-19(10-14)27-12-26-18)4-6-17(16)24-20(25-21)15-3-2-8-23-11-15/h2-11H,12H2,1H3,(H,22,24,25). The molecule has 2 aromatic heterocycles. The topological polar surface area (TPSA) is 69.2 Å². The van der Waals surface area contributed by atoms with Gasteiger partial charge in [0.15, 0.2) is 17.3 Å². The molecule has 0 aliphatic carbocycles. The number of nitrogens with zero attached hydrogens (tertiary/aromatic N) is 3. The smallest absolute Gasteiger partial charge is 0.231 e. The van der Waals surface area contributed by atoms with Crippen LogP contribution < -0.4 is 14.8 Å². The fourth-order valence-corrected chi connectivity index (χ4v) is 3.20. The van der Waals surface area contributed by atoms with Gasteiger partial charge in [-0.1, -0.05) is 12.1 Å². The number of pyridine rings is 1. The third kappa shape index (κ3) is 2.71. The van der Waals surface area contributed by atoms with Gasteiger partial charge in [-0.25, -0.2) is 9.97 Å². The first-order chi connectivity index (χ1) is 13.3. The maximum absolute atomic E-state index is 5.49. The predicted octanol–water partition coefficient (Wildman–Crippen LogP) is 4.13. The molecule has 0 amide bonds. The van der Waals surface area contributed by atoms with Crippen molar-refractivity contribution >= 4 is 16.7 Å². The van der Waals surface area contributed by atoms with Crippen LogP contribution in [-0.2, 0) is 0 Å². The average Bonchev–Trinajstić information content (AvgIpc) is 3.21. The molecule has 27 heavy (non-hydrogen) atoms. The second-order valence-electron chi connectivity index (χ2n) is 6.19. The van der Waals surface area contributed by atoms with E-state index in [4.69, 9.17) is 14.5 Å². The lowest BCUT2D eigenvalue weighted by Crippen LogP contribution is -1.99. The molecule has 6 nitrogen and oxygen atoms in total. The quantitative estimate of drug-likeness (QED) is 0.595. The Balaban J connectivity index is 1.63. The van der Waals surface area contributed by atoms with Crippen molar-refractivity contribution in [2.24, 2.45) is 0 Å². The lowest BCUT2D eigenvalue weighted by molar-refractivity contribution is 0.174. The molecule has 0 unspecified atom stereocenters. The van der Waals surface area contributed by atoms with E-state index < -0.39 is 0 Å². The lowest BCUT2D eigenvalue weighted by atomic mass is 10.0. The maximum atomic E-state index is 5.49. The van der Waals surface area contributed by atoms with Crippen LogP contribution in [0.3, 0.4) is 0 Å². The molecule has 6 heteroatoms. The SMILES string of the molecule is CNc1nc(-c2cccnc2)nc2ccc(-c3ccc4c(c3)OCO4)cc12. The highest BCUT2D eigenvalue weighted by Crippen LogP contribution is 2.37. The van der Waals surface area contributed by atoms with Crippen molar-refractivity contribution in [1.82, 2.24) is 15.0 Å². The van der Waals surface area contributed by atoms with Crippen LogP contribution in [0.25, 0.3) is 33.4 Å². The van der Waals surface area contributed by atoms with Gasteiger partial charge in [0.2, 0.25) is 6.79 Å². The number of fused-ring (bicyclic) bond motifs is 2. The summed E-state index contributed by atoms with van der Waals surface area (Å²) in [5, 5.41) is 4.14. The van der Waals surface area contributed by atoms with E-state index >= 15 is 0 Å². The molecule has 1 aliphatic heterocycles. The summed E-state index contributed by atoms with van der Waals surface area (Å²) in [6, 6.07) is 15.9. The highest BCUT2D eigenvalue weighted by Gasteiger charge is 2.15. The Bertz CT molecular complexity index is 1150. The Morgan fingerprint density at radius 2 is 1.74 bits per heavy atom. The van der Waals surface area contributed by atoms with Crippen molar-refractivity contribution in [2.75, 3.05) is 19.2 Å². The van der Waals surface area contributed by atoms with Crippen molar-refractivity contribution in [1.29, 1.82) is 0 Å². The van der Waals surface area contributed by atoms with Gasteiger partial charge < -0.3 is 14.8 Å². The first-order valence-corrected chi connectivity index (χ1v) is 8.62. The van der Waals surface area contributed by atoms with Crippen LogP contribution in [0, 0.1) is 0 Å². The average molecular weight is 356 g/mol. The number of hydrogen-bond acceptors (Lipinski definition) is 6. The normalized spacial score (nSPS) is 12.3. The Morgan fingerprint density at radius 3 is 2.59 bits per heavy atom. The summed E-state index contributed by atoms with van der Waals surface area (Å²) in [4.78, 5) is 13.5. The van der Waals surface area contributed by atoms with Gasteiger partial charge in [0.05, 0.1) is 5.52 Å². The zero-order valence-electron chi connectivity index (χ0n) is 14.6. The molecular formula is C21H16N4O2. The Labute approximate surface area is 155 Å². The molecule has 132 valence electrons. The fourth-order valence-electron chi connectivity index (χ4n) is 3.20. The van der Waals surface area contributed by atoms with Crippen LogP contribution in [0.15, 0.2) is 60.9 Å². The van der Waals surface area contributed by atoms with E-state index in [1.165, 1.54) is 0 Å². The molecule has 0 saturated heterocycles. The molecule has 2 aromatic carbocycles. The molecular weight excluding hydrogens is 340 g/mol. The van der Waals surface area contributed by atoms with Gasteiger partial charge >= 0.3 is 0 Å². The van der Waals surface area contributed by atoms with Crippen molar-refractivity contribution < 1.29 is 9.47 Å². The third-order valence-corrected chi connectivity index (χ3v) is 4.56. The zero-order chi connectivity index (χ0) is 18.2. The van der Waals surface area contributed by atoms with Crippen molar-refractivity contribution in [3.8, 4) is 34.0 Å². The van der Waals surface area contributed by atoms with E-state index in [0.29, 0.717) is 5.82 Å². The predicted molar refractivity (Wildman–Crippen MR) is 104 cm³/mol. The van der Waals surface area contributed by atoms with Gasteiger partial charge in [-0.2, -0.15) is 0 Å². The Morgan fingerprint density at radius 1 is 0.889 bits per heavy atom. The summed E-state index contributed by atoms with van der Waals surface area (Å²) in [5.74, 6) is 2.97. The fraction of sp³-hybridized carbons (Fsp3) is 0.0952. The number of benzene rings is 2. The highest BCUT2D eigenvalue weighted by atomic mass is 16.7. The highest BCUT2D eigenvalue weighted by molar-refractivity contribution is 5.94. The maximum Gasteiger partial charge on any atom is 0.231 e. The minimum Gasteiger partial charge on any atom is -0.454 e. The van der Waals surface area contributed by atoms with Gasteiger partial charge in [0.1, 0.15) is 5.82 Å². The molecule has 0 atom stereocenters.